The van der Waals surface area contributed by atoms with E-state index in [9.17, 15) is 14.4 Å². The van der Waals surface area contributed by atoms with Gasteiger partial charge in [-0.3, -0.25) is 0 Å². The number of ether oxygens (including phenoxy) is 1. The van der Waals surface area contributed by atoms with Crippen LogP contribution in [0.2, 0.25) is 5.02 Å². The molecule has 0 amide bonds. The van der Waals surface area contributed by atoms with Crippen LogP contribution < -0.4 is 16.0 Å². The molecule has 0 spiro atoms. The molecule has 3 aromatic carbocycles. The number of esters is 1. The van der Waals surface area contributed by atoms with E-state index in [1.165, 1.54) is 12.1 Å². The highest BCUT2D eigenvalue weighted by molar-refractivity contribution is 6.33. The van der Waals surface area contributed by atoms with Gasteiger partial charge < -0.3 is 13.6 Å². The van der Waals surface area contributed by atoms with E-state index >= 15 is 0 Å². The van der Waals surface area contributed by atoms with Crippen molar-refractivity contribution in [2.75, 3.05) is 0 Å². The first-order chi connectivity index (χ1) is 15.5. The Bertz CT molecular complexity index is 1630. The van der Waals surface area contributed by atoms with E-state index in [1.54, 1.807) is 54.6 Å². The molecule has 0 fully saturated rings. The van der Waals surface area contributed by atoms with Crippen LogP contribution in [0.25, 0.3) is 33.1 Å². The summed E-state index contributed by atoms with van der Waals surface area (Å²) in [6.45, 7) is 0. The van der Waals surface area contributed by atoms with E-state index in [2.05, 4.69) is 0 Å². The van der Waals surface area contributed by atoms with Crippen LogP contribution in [0.5, 0.6) is 5.75 Å². The Morgan fingerprint density at radius 2 is 1.56 bits per heavy atom. The molecule has 0 aliphatic carbocycles. The van der Waals surface area contributed by atoms with E-state index in [1.807, 2.05) is 12.1 Å². The molecule has 0 aliphatic heterocycles. The van der Waals surface area contributed by atoms with Crippen molar-refractivity contribution in [3.8, 4) is 16.9 Å². The Labute approximate surface area is 185 Å². The van der Waals surface area contributed by atoms with Crippen LogP contribution in [0, 0.1) is 0 Å². The molecule has 5 aromatic rings. The van der Waals surface area contributed by atoms with Gasteiger partial charge in [-0.2, -0.15) is 0 Å². The van der Waals surface area contributed by atoms with Crippen molar-refractivity contribution in [2.24, 2.45) is 0 Å². The van der Waals surface area contributed by atoms with Gasteiger partial charge in [0.05, 0.1) is 16.1 Å². The summed E-state index contributed by atoms with van der Waals surface area (Å²) in [5.41, 5.74) is 0.159. The summed E-state index contributed by atoms with van der Waals surface area (Å²) < 4.78 is 16.1. The minimum Gasteiger partial charge on any atom is -0.423 e. The molecule has 0 unspecified atom stereocenters. The van der Waals surface area contributed by atoms with Gasteiger partial charge >= 0.3 is 17.2 Å². The zero-order chi connectivity index (χ0) is 22.2. The molecule has 0 saturated heterocycles. The first-order valence-corrected chi connectivity index (χ1v) is 9.95. The highest BCUT2D eigenvalue weighted by Gasteiger charge is 2.16. The molecule has 156 valence electrons. The topological polar surface area (TPSA) is 86.7 Å². The summed E-state index contributed by atoms with van der Waals surface area (Å²) in [6.07, 6.45) is 0. The predicted molar refractivity (Wildman–Crippen MR) is 120 cm³/mol. The number of hydrogen-bond acceptors (Lipinski definition) is 6. The fourth-order valence-corrected chi connectivity index (χ4v) is 3.68. The van der Waals surface area contributed by atoms with Gasteiger partial charge in [0.15, 0.2) is 0 Å². The first-order valence-electron chi connectivity index (χ1n) is 9.57. The molecular weight excluding hydrogens is 432 g/mol. The average Bonchev–Trinajstić information content (AvgIpc) is 2.78. The summed E-state index contributed by atoms with van der Waals surface area (Å²) in [7, 11) is 0. The summed E-state index contributed by atoms with van der Waals surface area (Å²) in [6, 6.07) is 21.1. The fourth-order valence-electron chi connectivity index (χ4n) is 3.47. The second-order valence-electron chi connectivity index (χ2n) is 6.99. The number of rotatable bonds is 3. The summed E-state index contributed by atoms with van der Waals surface area (Å²) in [5.74, 6) is -0.489. The summed E-state index contributed by atoms with van der Waals surface area (Å²) >= 11 is 6.05. The Kier molecular flexibility index (Phi) is 4.84. The van der Waals surface area contributed by atoms with Gasteiger partial charge in [-0.25, -0.2) is 14.4 Å². The lowest BCUT2D eigenvalue weighted by Crippen LogP contribution is -2.09. The maximum Gasteiger partial charge on any atom is 0.345 e. The van der Waals surface area contributed by atoms with E-state index in [4.69, 9.17) is 25.2 Å². The minimum absolute atomic E-state index is 0.157. The molecular formula is C25H13ClO6. The molecule has 2 aromatic heterocycles. The number of carbonyl (C=O) groups excluding carboxylic acids is 1. The van der Waals surface area contributed by atoms with Crippen molar-refractivity contribution in [2.45, 2.75) is 0 Å². The van der Waals surface area contributed by atoms with Gasteiger partial charge in [-0.15, -0.1) is 0 Å². The van der Waals surface area contributed by atoms with Gasteiger partial charge in [0.2, 0.25) is 0 Å². The molecule has 2 heterocycles. The number of benzene rings is 3. The van der Waals surface area contributed by atoms with Crippen molar-refractivity contribution in [1.82, 2.24) is 0 Å². The lowest BCUT2D eigenvalue weighted by Gasteiger charge is -2.09. The van der Waals surface area contributed by atoms with Crippen LogP contribution in [0.4, 0.5) is 0 Å². The molecule has 0 saturated carbocycles. The molecule has 32 heavy (non-hydrogen) atoms. The Hall–Kier alpha value is -4.16. The second kappa shape index (κ2) is 7.83. The van der Waals surface area contributed by atoms with Gasteiger partial charge in [0, 0.05) is 28.5 Å². The molecule has 0 radical (unpaired) electrons. The molecule has 0 aliphatic rings. The van der Waals surface area contributed by atoms with Crippen LogP contribution in [0.3, 0.4) is 0 Å². The number of carbonyl (C=O) groups is 1. The highest BCUT2D eigenvalue weighted by Crippen LogP contribution is 2.30. The standard InChI is InChI=1S/C25H13ClO6/c26-20-7-3-2-6-17(20)24(28)30-15-9-10-16-18(13-23(27)31-22(16)12-15)19-11-14-5-1-4-8-21(14)32-25(19)29/h1-13H. The Morgan fingerprint density at radius 3 is 2.41 bits per heavy atom. The quantitative estimate of drug-likeness (QED) is 0.209. The van der Waals surface area contributed by atoms with Gasteiger partial charge in [-0.1, -0.05) is 41.9 Å². The van der Waals surface area contributed by atoms with Crippen molar-refractivity contribution < 1.29 is 18.4 Å². The molecule has 0 atom stereocenters. The fraction of sp³-hybridized carbons (Fsp3) is 0. The highest BCUT2D eigenvalue weighted by atomic mass is 35.5. The normalized spacial score (nSPS) is 11.0. The smallest absolute Gasteiger partial charge is 0.345 e. The van der Waals surface area contributed by atoms with E-state index in [0.29, 0.717) is 21.9 Å². The SMILES string of the molecule is O=C(Oc1ccc2c(-c3cc4ccccc4oc3=O)cc(=O)oc2c1)c1ccccc1Cl. The number of fused-ring (bicyclic) bond motifs is 2. The maximum absolute atomic E-state index is 12.6. The van der Waals surface area contributed by atoms with E-state index in [0.717, 1.165) is 0 Å². The predicted octanol–water partition coefficient (Wildman–Crippen LogP) is 5.44. The number of halogens is 1. The Morgan fingerprint density at radius 1 is 0.781 bits per heavy atom. The molecule has 5 rings (SSSR count). The number of para-hydroxylation sites is 1. The van der Waals surface area contributed by atoms with Crippen molar-refractivity contribution in [3.05, 3.63) is 110 Å². The average molecular weight is 445 g/mol. The van der Waals surface area contributed by atoms with Crippen LogP contribution in [-0.2, 0) is 0 Å². The van der Waals surface area contributed by atoms with Crippen molar-refractivity contribution in [3.63, 3.8) is 0 Å². The van der Waals surface area contributed by atoms with Crippen LogP contribution in [-0.4, -0.2) is 5.97 Å². The zero-order valence-electron chi connectivity index (χ0n) is 16.3. The van der Waals surface area contributed by atoms with Crippen LogP contribution in [0.15, 0.2) is 97.3 Å². The summed E-state index contributed by atoms with van der Waals surface area (Å²) in [5, 5.41) is 1.47. The van der Waals surface area contributed by atoms with Gasteiger partial charge in [0.1, 0.15) is 16.9 Å². The maximum atomic E-state index is 12.6. The van der Waals surface area contributed by atoms with Gasteiger partial charge in [-0.05, 0) is 36.4 Å². The monoisotopic (exact) mass is 444 g/mol. The van der Waals surface area contributed by atoms with Crippen molar-refractivity contribution >= 4 is 39.5 Å². The Balaban J connectivity index is 1.60. The lowest BCUT2D eigenvalue weighted by molar-refractivity contribution is 0.0735. The zero-order valence-corrected chi connectivity index (χ0v) is 17.1. The van der Waals surface area contributed by atoms with Crippen molar-refractivity contribution in [1.29, 1.82) is 0 Å². The largest absolute Gasteiger partial charge is 0.423 e. The summed E-state index contributed by atoms with van der Waals surface area (Å²) in [4.78, 5) is 37.3. The van der Waals surface area contributed by atoms with E-state index in [-0.39, 0.29) is 27.5 Å². The van der Waals surface area contributed by atoms with Crippen LogP contribution in [0.1, 0.15) is 10.4 Å². The number of hydrogen-bond donors (Lipinski definition) is 0. The van der Waals surface area contributed by atoms with E-state index < -0.39 is 17.2 Å². The second-order valence-corrected chi connectivity index (χ2v) is 7.40. The third-order valence-electron chi connectivity index (χ3n) is 4.95. The lowest BCUT2D eigenvalue weighted by atomic mass is 10.0. The third kappa shape index (κ3) is 3.57. The first kappa shape index (κ1) is 19.8. The third-order valence-corrected chi connectivity index (χ3v) is 5.28. The molecule has 0 bridgehead atoms. The molecule has 6 nitrogen and oxygen atoms in total. The molecule has 7 heteroatoms. The molecule has 0 N–H and O–H groups in total. The van der Waals surface area contributed by atoms with Crippen LogP contribution >= 0.6 is 11.6 Å². The van der Waals surface area contributed by atoms with Gasteiger partial charge in [0.25, 0.3) is 0 Å². The minimum atomic E-state index is -0.658.